The summed E-state index contributed by atoms with van der Waals surface area (Å²) in [7, 11) is 0. The number of ether oxygens (including phenoxy) is 1. The Labute approximate surface area is 134 Å². The standard InChI is InChI=1S/C16H20N4O3/c17-12-6-4-11(5-7-12)10-18-8-9-19-14-3-1-2-13(23-14)15(16(18)19)20(21)22/h4-7,13-14H,1-3,8-10,17H2. The number of nitrogens with zero attached hydrogens (tertiary/aromatic N) is 3. The Morgan fingerprint density at radius 2 is 2.04 bits per heavy atom. The largest absolute Gasteiger partial charge is 0.399 e. The van der Waals surface area contributed by atoms with E-state index in [4.69, 9.17) is 10.5 Å². The summed E-state index contributed by atoms with van der Waals surface area (Å²) < 4.78 is 5.91. The SMILES string of the molecule is Nc1ccc(CN2CCN3C2=C([N+](=O)[O-])C2CCCC3O2)cc1. The molecule has 0 amide bonds. The zero-order valence-corrected chi connectivity index (χ0v) is 12.9. The molecule has 0 aromatic heterocycles. The lowest BCUT2D eigenvalue weighted by molar-refractivity contribution is -0.448. The molecule has 122 valence electrons. The number of nitrogen functional groups attached to an aromatic ring is 1. The van der Waals surface area contributed by atoms with Crippen molar-refractivity contribution in [3.05, 3.63) is 51.5 Å². The van der Waals surface area contributed by atoms with E-state index in [1.165, 1.54) is 0 Å². The number of benzene rings is 1. The third-order valence-electron chi connectivity index (χ3n) is 4.85. The highest BCUT2D eigenvalue weighted by Gasteiger charge is 2.48. The highest BCUT2D eigenvalue weighted by molar-refractivity contribution is 5.39. The lowest BCUT2D eigenvalue weighted by Gasteiger charge is -2.41. The van der Waals surface area contributed by atoms with Crippen LogP contribution in [0.3, 0.4) is 0 Å². The first-order valence-electron chi connectivity index (χ1n) is 8.03. The molecule has 23 heavy (non-hydrogen) atoms. The molecule has 2 N–H and O–H groups in total. The molecule has 4 rings (SSSR count). The minimum absolute atomic E-state index is 0.0103. The Morgan fingerprint density at radius 1 is 1.26 bits per heavy atom. The topological polar surface area (TPSA) is 84.9 Å². The second kappa shape index (κ2) is 5.42. The third-order valence-corrected chi connectivity index (χ3v) is 4.85. The summed E-state index contributed by atoms with van der Waals surface area (Å²) >= 11 is 0. The fourth-order valence-electron chi connectivity index (χ4n) is 3.79. The summed E-state index contributed by atoms with van der Waals surface area (Å²) in [6.45, 7) is 2.21. The fraction of sp³-hybridized carbons (Fsp3) is 0.500. The first-order chi connectivity index (χ1) is 11.1. The van der Waals surface area contributed by atoms with Crippen molar-refractivity contribution in [1.82, 2.24) is 9.80 Å². The van der Waals surface area contributed by atoms with E-state index in [1.807, 2.05) is 24.3 Å². The average molecular weight is 316 g/mol. The molecule has 2 saturated heterocycles. The quantitative estimate of drug-likeness (QED) is 0.519. The summed E-state index contributed by atoms with van der Waals surface area (Å²) in [4.78, 5) is 15.6. The smallest absolute Gasteiger partial charge is 0.314 e. The molecule has 2 unspecified atom stereocenters. The van der Waals surface area contributed by atoms with Crippen LogP contribution in [-0.2, 0) is 11.3 Å². The number of hydrogen-bond donors (Lipinski definition) is 1. The van der Waals surface area contributed by atoms with E-state index in [9.17, 15) is 10.1 Å². The molecule has 1 aromatic carbocycles. The molecule has 7 heteroatoms. The van der Waals surface area contributed by atoms with Gasteiger partial charge >= 0.3 is 5.70 Å². The molecule has 0 aliphatic carbocycles. The van der Waals surface area contributed by atoms with Crippen molar-refractivity contribution in [2.24, 2.45) is 0 Å². The van der Waals surface area contributed by atoms with Gasteiger partial charge < -0.3 is 20.3 Å². The summed E-state index contributed by atoms with van der Waals surface area (Å²) in [5.41, 5.74) is 7.79. The van der Waals surface area contributed by atoms with Gasteiger partial charge in [0.1, 0.15) is 6.23 Å². The summed E-state index contributed by atoms with van der Waals surface area (Å²) in [5, 5.41) is 11.6. The van der Waals surface area contributed by atoms with E-state index in [1.54, 1.807) is 0 Å². The Kier molecular flexibility index (Phi) is 3.37. The monoisotopic (exact) mass is 316 g/mol. The van der Waals surface area contributed by atoms with Gasteiger partial charge in [0, 0.05) is 25.3 Å². The number of fused-ring (bicyclic) bond motifs is 4. The van der Waals surface area contributed by atoms with Gasteiger partial charge in [0.25, 0.3) is 0 Å². The molecule has 0 radical (unpaired) electrons. The summed E-state index contributed by atoms with van der Waals surface area (Å²) in [6.07, 6.45) is 2.28. The normalized spacial score (nSPS) is 26.4. The van der Waals surface area contributed by atoms with Crippen molar-refractivity contribution in [2.45, 2.75) is 38.1 Å². The van der Waals surface area contributed by atoms with Gasteiger partial charge in [-0.25, -0.2) is 0 Å². The van der Waals surface area contributed by atoms with Gasteiger partial charge in [-0.1, -0.05) is 12.1 Å². The van der Waals surface area contributed by atoms with Crippen LogP contribution in [0.15, 0.2) is 35.8 Å². The molecule has 2 atom stereocenters. The maximum absolute atomic E-state index is 11.6. The van der Waals surface area contributed by atoms with Gasteiger partial charge in [-0.15, -0.1) is 0 Å². The fourth-order valence-corrected chi connectivity index (χ4v) is 3.79. The number of rotatable bonds is 3. The van der Waals surface area contributed by atoms with Gasteiger partial charge in [0.15, 0.2) is 11.9 Å². The minimum Gasteiger partial charge on any atom is -0.399 e. The molecule has 2 fully saturated rings. The summed E-state index contributed by atoms with van der Waals surface area (Å²) in [6, 6.07) is 7.68. The van der Waals surface area contributed by atoms with E-state index >= 15 is 0 Å². The van der Waals surface area contributed by atoms with Crippen LogP contribution < -0.4 is 5.73 Å². The minimum atomic E-state index is -0.373. The van der Waals surface area contributed by atoms with Gasteiger partial charge in [-0.05, 0) is 37.0 Å². The summed E-state index contributed by atoms with van der Waals surface area (Å²) in [5.74, 6) is 0.757. The molecular formula is C16H20N4O3. The highest BCUT2D eigenvalue weighted by Crippen LogP contribution is 2.39. The predicted octanol–water partition coefficient (Wildman–Crippen LogP) is 1.74. The predicted molar refractivity (Wildman–Crippen MR) is 84.5 cm³/mol. The number of hydrogen-bond acceptors (Lipinski definition) is 6. The van der Waals surface area contributed by atoms with Crippen molar-refractivity contribution < 1.29 is 9.66 Å². The lowest BCUT2D eigenvalue weighted by Crippen LogP contribution is -2.48. The third kappa shape index (κ3) is 2.41. The Bertz CT molecular complexity index is 658. The molecule has 3 aliphatic heterocycles. The van der Waals surface area contributed by atoms with Crippen molar-refractivity contribution in [3.63, 3.8) is 0 Å². The Hall–Kier alpha value is -2.28. The van der Waals surface area contributed by atoms with E-state index < -0.39 is 0 Å². The van der Waals surface area contributed by atoms with Crippen LogP contribution >= 0.6 is 0 Å². The van der Waals surface area contributed by atoms with E-state index in [2.05, 4.69) is 9.80 Å². The Balaban J connectivity index is 1.68. The van der Waals surface area contributed by atoms with Gasteiger partial charge in [0.2, 0.25) is 0 Å². The van der Waals surface area contributed by atoms with Crippen molar-refractivity contribution in [1.29, 1.82) is 0 Å². The second-order valence-electron chi connectivity index (χ2n) is 6.33. The average Bonchev–Trinajstić information content (AvgIpc) is 2.93. The maximum Gasteiger partial charge on any atom is 0.314 e. The van der Waals surface area contributed by atoms with Crippen LogP contribution in [0.2, 0.25) is 0 Å². The van der Waals surface area contributed by atoms with E-state index in [-0.39, 0.29) is 23.0 Å². The van der Waals surface area contributed by atoms with Crippen molar-refractivity contribution in [2.75, 3.05) is 18.8 Å². The zero-order valence-electron chi connectivity index (χ0n) is 12.9. The van der Waals surface area contributed by atoms with E-state index in [0.29, 0.717) is 6.54 Å². The molecule has 3 heterocycles. The van der Waals surface area contributed by atoms with Crippen LogP contribution in [0.5, 0.6) is 0 Å². The molecule has 0 saturated carbocycles. The number of anilines is 1. The van der Waals surface area contributed by atoms with Gasteiger partial charge in [-0.2, -0.15) is 0 Å². The van der Waals surface area contributed by atoms with Crippen molar-refractivity contribution in [3.8, 4) is 0 Å². The van der Waals surface area contributed by atoms with Crippen LogP contribution in [0.1, 0.15) is 24.8 Å². The molecule has 0 spiro atoms. The molecule has 7 nitrogen and oxygen atoms in total. The van der Waals surface area contributed by atoms with Crippen LogP contribution in [0, 0.1) is 10.1 Å². The van der Waals surface area contributed by atoms with Crippen LogP contribution in [0.4, 0.5) is 5.69 Å². The van der Waals surface area contributed by atoms with Crippen LogP contribution in [0.25, 0.3) is 0 Å². The Morgan fingerprint density at radius 3 is 2.78 bits per heavy atom. The van der Waals surface area contributed by atoms with Gasteiger partial charge in [-0.3, -0.25) is 10.1 Å². The first-order valence-corrected chi connectivity index (χ1v) is 8.03. The van der Waals surface area contributed by atoms with Crippen molar-refractivity contribution >= 4 is 5.69 Å². The zero-order chi connectivity index (χ0) is 16.0. The molecule has 2 bridgehead atoms. The molecule has 1 aromatic rings. The van der Waals surface area contributed by atoms with Gasteiger partial charge in [0.05, 0.1) is 4.92 Å². The number of nitrogens with two attached hydrogens (primary N) is 1. The highest BCUT2D eigenvalue weighted by atomic mass is 16.6. The van der Waals surface area contributed by atoms with E-state index in [0.717, 1.165) is 49.4 Å². The first kappa shape index (κ1) is 14.3. The lowest BCUT2D eigenvalue weighted by atomic mass is 10.0. The maximum atomic E-state index is 11.6. The second-order valence-corrected chi connectivity index (χ2v) is 6.33. The molecule has 3 aliphatic rings. The van der Waals surface area contributed by atoms with Crippen LogP contribution in [-0.4, -0.2) is 40.1 Å². The number of nitro groups is 1. The molecular weight excluding hydrogens is 296 g/mol.